The highest BCUT2D eigenvalue weighted by Gasteiger charge is 2.26. The average Bonchev–Trinajstić information content (AvgIpc) is 3.04. The maximum absolute atomic E-state index is 11.1. The van der Waals surface area contributed by atoms with Crippen molar-refractivity contribution in [3.63, 3.8) is 0 Å². The minimum atomic E-state index is -0.736. The van der Waals surface area contributed by atoms with Crippen molar-refractivity contribution in [1.29, 1.82) is 0 Å². The molecule has 1 aliphatic rings. The van der Waals surface area contributed by atoms with Gasteiger partial charge in [0.05, 0.1) is 19.1 Å². The summed E-state index contributed by atoms with van der Waals surface area (Å²) in [6.07, 6.45) is 1.60. The van der Waals surface area contributed by atoms with Crippen molar-refractivity contribution in [3.05, 3.63) is 30.2 Å². The second-order valence-electron chi connectivity index (χ2n) is 5.88. The van der Waals surface area contributed by atoms with Gasteiger partial charge in [-0.2, -0.15) is 4.98 Å². The van der Waals surface area contributed by atoms with Crippen LogP contribution in [0.3, 0.4) is 0 Å². The fourth-order valence-corrected chi connectivity index (χ4v) is 2.90. The molecule has 2 heterocycles. The first-order valence-electron chi connectivity index (χ1n) is 8.16. The normalized spacial score (nSPS) is 18.5. The molecule has 0 spiro atoms. The Bertz CT molecular complexity index is 683. The van der Waals surface area contributed by atoms with Crippen molar-refractivity contribution >= 4 is 5.97 Å². The Hall–Kier alpha value is -2.41. The molecule has 1 unspecified atom stereocenters. The van der Waals surface area contributed by atoms with E-state index >= 15 is 0 Å². The smallest absolute Gasteiger partial charge is 0.307 e. The van der Waals surface area contributed by atoms with Crippen LogP contribution in [0.5, 0.6) is 5.75 Å². The summed E-state index contributed by atoms with van der Waals surface area (Å²) in [5.74, 6) is 0.787. The molecule has 0 bridgehead atoms. The summed E-state index contributed by atoms with van der Waals surface area (Å²) in [4.78, 5) is 17.6. The average molecular weight is 331 g/mol. The standard InChI is InChI=1S/C17H21N3O4/c1-2-23-14-7-5-12(6-8-14)16-18-15(24-19-16)11-20-9-3-4-13(10-20)17(21)22/h5-8,13H,2-4,9-11H2,1H3,(H,21,22). The number of benzene rings is 1. The molecule has 1 atom stereocenters. The van der Waals surface area contributed by atoms with Gasteiger partial charge in [-0.3, -0.25) is 9.69 Å². The number of rotatable bonds is 6. The topological polar surface area (TPSA) is 88.7 Å². The van der Waals surface area contributed by atoms with Gasteiger partial charge in [0.1, 0.15) is 5.75 Å². The highest BCUT2D eigenvalue weighted by Crippen LogP contribution is 2.22. The molecule has 1 aliphatic heterocycles. The van der Waals surface area contributed by atoms with E-state index in [0.717, 1.165) is 30.7 Å². The summed E-state index contributed by atoms with van der Waals surface area (Å²) in [5.41, 5.74) is 0.857. The van der Waals surface area contributed by atoms with Gasteiger partial charge in [0.2, 0.25) is 11.7 Å². The predicted octanol–water partition coefficient (Wildman–Crippen LogP) is 2.43. The maximum atomic E-state index is 11.1. The predicted molar refractivity (Wildman–Crippen MR) is 86.5 cm³/mol. The van der Waals surface area contributed by atoms with Crippen LogP contribution in [0.15, 0.2) is 28.8 Å². The van der Waals surface area contributed by atoms with E-state index in [4.69, 9.17) is 14.4 Å². The minimum Gasteiger partial charge on any atom is -0.494 e. The molecule has 24 heavy (non-hydrogen) atoms. The van der Waals surface area contributed by atoms with Crippen LogP contribution < -0.4 is 4.74 Å². The Morgan fingerprint density at radius 2 is 2.21 bits per heavy atom. The Morgan fingerprint density at radius 1 is 1.42 bits per heavy atom. The van der Waals surface area contributed by atoms with Crippen molar-refractivity contribution in [2.45, 2.75) is 26.3 Å². The zero-order chi connectivity index (χ0) is 16.9. The molecule has 0 amide bonds. The largest absolute Gasteiger partial charge is 0.494 e. The van der Waals surface area contributed by atoms with Gasteiger partial charge in [-0.15, -0.1) is 0 Å². The van der Waals surface area contributed by atoms with Crippen LogP contribution in [0.25, 0.3) is 11.4 Å². The lowest BCUT2D eigenvalue weighted by molar-refractivity contribution is -0.143. The number of aromatic nitrogens is 2. The third kappa shape index (κ3) is 3.91. The zero-order valence-electron chi connectivity index (χ0n) is 13.6. The second-order valence-corrected chi connectivity index (χ2v) is 5.88. The van der Waals surface area contributed by atoms with Crippen LogP contribution >= 0.6 is 0 Å². The molecule has 0 saturated carbocycles. The van der Waals surface area contributed by atoms with Crippen LogP contribution in [0.4, 0.5) is 0 Å². The number of carboxylic acids is 1. The number of hydrogen-bond acceptors (Lipinski definition) is 6. The lowest BCUT2D eigenvalue weighted by Crippen LogP contribution is -2.38. The molecule has 2 aromatic rings. The molecule has 1 fully saturated rings. The number of carbonyl (C=O) groups is 1. The first-order valence-corrected chi connectivity index (χ1v) is 8.16. The van der Waals surface area contributed by atoms with E-state index in [-0.39, 0.29) is 5.92 Å². The third-order valence-corrected chi connectivity index (χ3v) is 4.11. The highest BCUT2D eigenvalue weighted by molar-refractivity contribution is 5.70. The fourth-order valence-electron chi connectivity index (χ4n) is 2.90. The SMILES string of the molecule is CCOc1ccc(-c2noc(CN3CCCC(C(=O)O)C3)n2)cc1. The summed E-state index contributed by atoms with van der Waals surface area (Å²) in [6, 6.07) is 7.52. The second kappa shape index (κ2) is 7.44. The van der Waals surface area contributed by atoms with Crippen molar-refractivity contribution in [2.75, 3.05) is 19.7 Å². The molecule has 1 N–H and O–H groups in total. The molecule has 1 saturated heterocycles. The van der Waals surface area contributed by atoms with E-state index in [9.17, 15) is 4.79 Å². The van der Waals surface area contributed by atoms with Crippen LogP contribution in [0.1, 0.15) is 25.7 Å². The molecular weight excluding hydrogens is 310 g/mol. The Balaban J connectivity index is 1.64. The van der Waals surface area contributed by atoms with Gasteiger partial charge < -0.3 is 14.4 Å². The zero-order valence-corrected chi connectivity index (χ0v) is 13.6. The van der Waals surface area contributed by atoms with E-state index < -0.39 is 5.97 Å². The first-order chi connectivity index (χ1) is 11.7. The molecule has 7 nitrogen and oxygen atoms in total. The van der Waals surface area contributed by atoms with Gasteiger partial charge in [-0.1, -0.05) is 5.16 Å². The van der Waals surface area contributed by atoms with Crippen LogP contribution in [0, 0.1) is 5.92 Å². The minimum absolute atomic E-state index is 0.313. The fraction of sp³-hybridized carbons (Fsp3) is 0.471. The van der Waals surface area contributed by atoms with Crippen LogP contribution in [-0.4, -0.2) is 45.8 Å². The van der Waals surface area contributed by atoms with E-state index in [1.54, 1.807) is 0 Å². The number of likely N-dealkylation sites (tertiary alicyclic amines) is 1. The van der Waals surface area contributed by atoms with Gasteiger partial charge in [0, 0.05) is 12.1 Å². The Labute approximate surface area is 140 Å². The number of nitrogens with zero attached hydrogens (tertiary/aromatic N) is 3. The Morgan fingerprint density at radius 3 is 2.92 bits per heavy atom. The number of piperidine rings is 1. The van der Waals surface area contributed by atoms with Crippen molar-refractivity contribution in [1.82, 2.24) is 15.0 Å². The first kappa shape index (κ1) is 16.4. The van der Waals surface area contributed by atoms with Crippen molar-refractivity contribution in [2.24, 2.45) is 5.92 Å². The number of ether oxygens (including phenoxy) is 1. The molecular formula is C17H21N3O4. The van der Waals surface area contributed by atoms with Crippen molar-refractivity contribution < 1.29 is 19.2 Å². The number of carboxylic acid groups (broad SMARTS) is 1. The van der Waals surface area contributed by atoms with Crippen LogP contribution in [0.2, 0.25) is 0 Å². The van der Waals surface area contributed by atoms with E-state index in [1.165, 1.54) is 0 Å². The summed E-state index contributed by atoms with van der Waals surface area (Å²) in [5, 5.41) is 13.2. The van der Waals surface area contributed by atoms with Crippen LogP contribution in [-0.2, 0) is 11.3 Å². The summed E-state index contributed by atoms with van der Waals surface area (Å²) >= 11 is 0. The molecule has 7 heteroatoms. The van der Waals surface area contributed by atoms with Gasteiger partial charge in [0.25, 0.3) is 0 Å². The number of hydrogen-bond donors (Lipinski definition) is 1. The van der Waals surface area contributed by atoms with Gasteiger partial charge >= 0.3 is 5.97 Å². The molecule has 1 aromatic carbocycles. The van der Waals surface area contributed by atoms with Gasteiger partial charge in [0.15, 0.2) is 0 Å². The van der Waals surface area contributed by atoms with E-state index in [1.807, 2.05) is 31.2 Å². The van der Waals surface area contributed by atoms with E-state index in [2.05, 4.69) is 15.0 Å². The molecule has 3 rings (SSSR count). The maximum Gasteiger partial charge on any atom is 0.307 e. The molecule has 0 radical (unpaired) electrons. The molecule has 1 aromatic heterocycles. The summed E-state index contributed by atoms with van der Waals surface area (Å²) in [7, 11) is 0. The monoisotopic (exact) mass is 331 g/mol. The molecule has 128 valence electrons. The summed E-state index contributed by atoms with van der Waals surface area (Å²) in [6.45, 7) is 4.42. The number of aliphatic carboxylic acids is 1. The highest BCUT2D eigenvalue weighted by atomic mass is 16.5. The van der Waals surface area contributed by atoms with Gasteiger partial charge in [-0.25, -0.2) is 0 Å². The van der Waals surface area contributed by atoms with Crippen molar-refractivity contribution in [3.8, 4) is 17.1 Å². The Kier molecular flexibility index (Phi) is 5.10. The quantitative estimate of drug-likeness (QED) is 0.869. The molecule has 0 aliphatic carbocycles. The lowest BCUT2D eigenvalue weighted by atomic mass is 9.98. The van der Waals surface area contributed by atoms with Gasteiger partial charge in [-0.05, 0) is 50.6 Å². The lowest BCUT2D eigenvalue weighted by Gasteiger charge is -2.29. The van der Waals surface area contributed by atoms with E-state index in [0.29, 0.717) is 31.4 Å². The third-order valence-electron chi connectivity index (χ3n) is 4.11. The summed E-state index contributed by atoms with van der Waals surface area (Å²) < 4.78 is 10.7.